The quantitative estimate of drug-likeness (QED) is 0.524. The van der Waals surface area contributed by atoms with Crippen molar-refractivity contribution in [3.63, 3.8) is 0 Å². The predicted octanol–water partition coefficient (Wildman–Crippen LogP) is 2.20. The van der Waals surface area contributed by atoms with Crippen LogP contribution in [0.3, 0.4) is 0 Å². The van der Waals surface area contributed by atoms with Crippen LogP contribution in [0, 0.1) is 13.8 Å². The number of nitrogens with zero attached hydrogens (tertiary/aromatic N) is 7. The maximum Gasteiger partial charge on any atom is 0.318 e. The van der Waals surface area contributed by atoms with Gasteiger partial charge in [0.2, 0.25) is 0 Å². The molecule has 30 heavy (non-hydrogen) atoms. The molecule has 0 radical (unpaired) electrons. The molecule has 3 heterocycles. The third-order valence-corrected chi connectivity index (χ3v) is 5.45. The Bertz CT molecular complexity index is 1230. The number of para-hydroxylation sites is 2. The largest absolute Gasteiger partial charge is 0.461 e. The number of rotatable bonds is 6. The van der Waals surface area contributed by atoms with Crippen LogP contribution in [0.1, 0.15) is 41.4 Å². The highest BCUT2D eigenvalue weighted by Gasteiger charge is 2.44. The summed E-state index contributed by atoms with van der Waals surface area (Å²) < 4.78 is 9.40. The number of aliphatic hydroxyl groups excluding tert-OH is 1. The molecule has 9 heteroatoms. The molecule has 1 fully saturated rings. The Labute approximate surface area is 173 Å². The molecule has 0 bridgehead atoms. The molecule has 0 unspecified atom stereocenters. The number of hydrogen-bond donors (Lipinski definition) is 1. The van der Waals surface area contributed by atoms with Gasteiger partial charge in [-0.05, 0) is 32.4 Å². The summed E-state index contributed by atoms with van der Waals surface area (Å²) in [5, 5.41) is 13.6. The Morgan fingerprint density at radius 1 is 1.10 bits per heavy atom. The SMILES string of the molecule is Cc1nc(C)n(-c2cc([C@@H]3C[C@H]3c3nc4ccccc4n3C)nc(OCCO)n2)n1. The van der Waals surface area contributed by atoms with Crippen molar-refractivity contribution in [2.45, 2.75) is 32.1 Å². The van der Waals surface area contributed by atoms with Crippen molar-refractivity contribution in [3.05, 3.63) is 53.5 Å². The monoisotopic (exact) mass is 405 g/mol. The van der Waals surface area contributed by atoms with E-state index in [-0.39, 0.29) is 31.1 Å². The van der Waals surface area contributed by atoms with Gasteiger partial charge in [0.15, 0.2) is 5.82 Å². The highest BCUT2D eigenvalue weighted by molar-refractivity contribution is 5.76. The average Bonchev–Trinajstić information content (AvgIpc) is 3.37. The lowest BCUT2D eigenvalue weighted by Crippen LogP contribution is -2.10. The summed E-state index contributed by atoms with van der Waals surface area (Å²) in [5.41, 5.74) is 3.02. The van der Waals surface area contributed by atoms with Crippen LogP contribution in [0.15, 0.2) is 30.3 Å². The lowest BCUT2D eigenvalue weighted by molar-refractivity contribution is 0.191. The fourth-order valence-corrected chi connectivity index (χ4v) is 3.97. The molecule has 0 amide bonds. The van der Waals surface area contributed by atoms with Gasteiger partial charge in [-0.3, -0.25) is 0 Å². The third-order valence-electron chi connectivity index (χ3n) is 5.45. The van der Waals surface area contributed by atoms with Crippen LogP contribution >= 0.6 is 0 Å². The van der Waals surface area contributed by atoms with Crippen molar-refractivity contribution >= 4 is 11.0 Å². The van der Waals surface area contributed by atoms with Gasteiger partial charge in [-0.2, -0.15) is 14.6 Å². The molecular weight excluding hydrogens is 382 g/mol. The molecule has 1 aliphatic rings. The predicted molar refractivity (Wildman–Crippen MR) is 110 cm³/mol. The van der Waals surface area contributed by atoms with Crippen LogP contribution in [0.25, 0.3) is 16.9 Å². The fourth-order valence-electron chi connectivity index (χ4n) is 3.97. The number of fused-ring (bicyclic) bond motifs is 1. The van der Waals surface area contributed by atoms with E-state index in [1.807, 2.05) is 38.1 Å². The zero-order valence-corrected chi connectivity index (χ0v) is 17.1. The second-order valence-electron chi connectivity index (χ2n) is 7.59. The first-order chi connectivity index (χ1) is 14.5. The van der Waals surface area contributed by atoms with E-state index in [1.165, 1.54) is 0 Å². The van der Waals surface area contributed by atoms with Gasteiger partial charge in [0.1, 0.15) is 24.1 Å². The van der Waals surface area contributed by atoms with Gasteiger partial charge in [0.25, 0.3) is 0 Å². The molecule has 4 aromatic rings. The van der Waals surface area contributed by atoms with Gasteiger partial charge in [-0.25, -0.2) is 9.97 Å². The number of aryl methyl sites for hydroxylation is 3. The zero-order valence-electron chi connectivity index (χ0n) is 17.1. The second-order valence-corrected chi connectivity index (χ2v) is 7.59. The Kier molecular flexibility index (Phi) is 4.47. The van der Waals surface area contributed by atoms with Gasteiger partial charge >= 0.3 is 6.01 Å². The molecular formula is C21H23N7O2. The molecule has 2 atom stereocenters. The maximum atomic E-state index is 9.12. The lowest BCUT2D eigenvalue weighted by Gasteiger charge is -2.09. The number of ether oxygens (including phenoxy) is 1. The number of aromatic nitrogens is 7. The molecule has 0 spiro atoms. The van der Waals surface area contributed by atoms with Crippen molar-refractivity contribution in [1.82, 2.24) is 34.3 Å². The van der Waals surface area contributed by atoms with Crippen LogP contribution in [0.5, 0.6) is 6.01 Å². The summed E-state index contributed by atoms with van der Waals surface area (Å²) in [6.07, 6.45) is 0.961. The van der Waals surface area contributed by atoms with E-state index in [0.717, 1.165) is 34.8 Å². The standard InChI is InChI=1S/C21H23N7O2/c1-12-22-13(2)28(26-12)19-11-17(24-21(25-19)30-9-8-29)14-10-15(14)20-23-16-6-4-5-7-18(16)27(20)3/h4-7,11,14-15,29H,8-10H2,1-3H3/t14-,15-/m1/s1. The Balaban J connectivity index is 1.51. The first-order valence-electron chi connectivity index (χ1n) is 10.00. The van der Waals surface area contributed by atoms with Crippen LogP contribution < -0.4 is 4.74 Å². The topological polar surface area (TPSA) is 104 Å². The molecule has 0 aliphatic heterocycles. The summed E-state index contributed by atoms with van der Waals surface area (Å²) in [6.45, 7) is 3.76. The Morgan fingerprint density at radius 2 is 1.93 bits per heavy atom. The summed E-state index contributed by atoms with van der Waals surface area (Å²) >= 11 is 0. The van der Waals surface area contributed by atoms with E-state index in [2.05, 4.69) is 37.7 Å². The minimum Gasteiger partial charge on any atom is -0.461 e. The van der Waals surface area contributed by atoms with Crippen LogP contribution in [-0.2, 0) is 7.05 Å². The Morgan fingerprint density at radius 3 is 2.67 bits per heavy atom. The molecule has 1 N–H and O–H groups in total. The van der Waals surface area contributed by atoms with Crippen LogP contribution in [0.4, 0.5) is 0 Å². The maximum absolute atomic E-state index is 9.12. The third kappa shape index (κ3) is 3.21. The highest BCUT2D eigenvalue weighted by Crippen LogP contribution is 2.54. The number of hydrogen-bond acceptors (Lipinski definition) is 7. The number of aliphatic hydroxyl groups is 1. The van der Waals surface area contributed by atoms with Gasteiger partial charge in [0.05, 0.1) is 23.3 Å². The minimum absolute atomic E-state index is 0.101. The van der Waals surface area contributed by atoms with E-state index < -0.39 is 0 Å². The Hall–Kier alpha value is -3.33. The fraction of sp³-hybridized carbons (Fsp3) is 0.381. The van der Waals surface area contributed by atoms with E-state index in [9.17, 15) is 0 Å². The van der Waals surface area contributed by atoms with Crippen molar-refractivity contribution in [3.8, 4) is 11.8 Å². The highest BCUT2D eigenvalue weighted by atomic mass is 16.5. The van der Waals surface area contributed by atoms with E-state index in [0.29, 0.717) is 11.6 Å². The van der Waals surface area contributed by atoms with Crippen molar-refractivity contribution in [2.75, 3.05) is 13.2 Å². The molecule has 5 rings (SSSR count). The first-order valence-corrected chi connectivity index (χ1v) is 10.00. The molecule has 0 saturated heterocycles. The van der Waals surface area contributed by atoms with Crippen molar-refractivity contribution < 1.29 is 9.84 Å². The van der Waals surface area contributed by atoms with Gasteiger partial charge in [0, 0.05) is 24.9 Å². The van der Waals surface area contributed by atoms with Gasteiger partial charge in [-0.1, -0.05) is 12.1 Å². The normalized spacial score (nSPS) is 18.1. The summed E-state index contributed by atoms with van der Waals surface area (Å²) in [7, 11) is 2.06. The second kappa shape index (κ2) is 7.17. The zero-order chi connectivity index (χ0) is 20.8. The van der Waals surface area contributed by atoms with Crippen LogP contribution in [0.2, 0.25) is 0 Å². The van der Waals surface area contributed by atoms with E-state index in [1.54, 1.807) is 4.68 Å². The average molecular weight is 405 g/mol. The number of imidazole rings is 1. The smallest absolute Gasteiger partial charge is 0.318 e. The van der Waals surface area contributed by atoms with Crippen molar-refractivity contribution in [2.24, 2.45) is 7.05 Å². The molecule has 3 aromatic heterocycles. The summed E-state index contributed by atoms with van der Waals surface area (Å²) in [5.74, 6) is 3.61. The van der Waals surface area contributed by atoms with Gasteiger partial charge < -0.3 is 14.4 Å². The number of benzene rings is 1. The summed E-state index contributed by atoms with van der Waals surface area (Å²) in [6, 6.07) is 10.3. The van der Waals surface area contributed by atoms with E-state index >= 15 is 0 Å². The van der Waals surface area contributed by atoms with Crippen LogP contribution in [-0.4, -0.2) is 52.6 Å². The van der Waals surface area contributed by atoms with E-state index in [4.69, 9.17) is 14.8 Å². The molecule has 1 aromatic carbocycles. The first kappa shape index (κ1) is 18.7. The molecule has 1 saturated carbocycles. The van der Waals surface area contributed by atoms with Gasteiger partial charge in [-0.15, -0.1) is 5.10 Å². The lowest BCUT2D eigenvalue weighted by atomic mass is 10.2. The molecule has 1 aliphatic carbocycles. The minimum atomic E-state index is -0.101. The summed E-state index contributed by atoms with van der Waals surface area (Å²) in [4.78, 5) is 18.3. The molecule has 154 valence electrons. The molecule has 9 nitrogen and oxygen atoms in total. The van der Waals surface area contributed by atoms with Crippen molar-refractivity contribution in [1.29, 1.82) is 0 Å².